The summed E-state index contributed by atoms with van der Waals surface area (Å²) in [7, 11) is 0. The Hall–Kier alpha value is 0.177. The van der Waals surface area contributed by atoms with Gasteiger partial charge in [-0.05, 0) is 0 Å². The molecule has 0 spiro atoms. The molecule has 0 aliphatic rings. The first kappa shape index (κ1) is 17.3. The quantitative estimate of drug-likeness (QED) is 0.393. The zero-order chi connectivity index (χ0) is 9.00. The van der Waals surface area contributed by atoms with E-state index in [9.17, 15) is 26.3 Å². The molecule has 0 rings (SSSR count). The predicted octanol–water partition coefficient (Wildman–Crippen LogP) is 2.49. The van der Waals surface area contributed by atoms with E-state index in [1.165, 1.54) is 0 Å². The summed E-state index contributed by atoms with van der Waals surface area (Å²) in [5, 5.41) is 0. The summed E-state index contributed by atoms with van der Waals surface area (Å²) in [6.07, 6.45) is -8.00. The monoisotopic (exact) mass is 176 g/mol. The second-order valence-corrected chi connectivity index (χ2v) is 1.56. The second kappa shape index (κ2) is 5.78. The summed E-state index contributed by atoms with van der Waals surface area (Å²) in [4.78, 5) is 0. The zero-order valence-electron chi connectivity index (χ0n) is 5.27. The molecule has 0 radical (unpaired) electrons. The summed E-state index contributed by atoms with van der Waals surface area (Å²) in [6.45, 7) is 0.375. The molecule has 0 N–H and O–H groups in total. The molecule has 0 aliphatic carbocycles. The summed E-state index contributed by atoms with van der Waals surface area (Å²) >= 11 is 0. The maximum absolute atomic E-state index is 10.4. The van der Waals surface area contributed by atoms with Gasteiger partial charge >= 0.3 is 31.2 Å². The Morgan fingerprint density at radius 1 is 0.636 bits per heavy atom. The number of hydrogen-bond donors (Lipinski definition) is 0. The molecule has 0 heterocycles. The molecule has 0 bridgehead atoms. The van der Waals surface area contributed by atoms with Crippen LogP contribution in [0.25, 0.3) is 0 Å². The van der Waals surface area contributed by atoms with E-state index in [2.05, 4.69) is 0 Å². The fourth-order valence-corrected chi connectivity index (χ4v) is 0. The van der Waals surface area contributed by atoms with E-state index < -0.39 is 12.4 Å². The minimum atomic E-state index is -4.00. The van der Waals surface area contributed by atoms with Crippen molar-refractivity contribution in [1.82, 2.24) is 0 Å². The first-order chi connectivity index (χ1) is 4.00. The van der Waals surface area contributed by atoms with Gasteiger partial charge in [-0.15, -0.1) is 0 Å². The SMILES string of the molecule is CC(F)(F)F.CC(F)(F)F.[LiH]. The van der Waals surface area contributed by atoms with E-state index in [-0.39, 0.29) is 32.7 Å². The average molecular weight is 176 g/mol. The minimum absolute atomic E-state index is 0. The van der Waals surface area contributed by atoms with Crippen LogP contribution in [0, 0.1) is 0 Å². The second-order valence-electron chi connectivity index (χ2n) is 1.56. The van der Waals surface area contributed by atoms with E-state index in [1.54, 1.807) is 0 Å². The van der Waals surface area contributed by atoms with Crippen LogP contribution in [-0.2, 0) is 0 Å². The van der Waals surface area contributed by atoms with E-state index in [0.29, 0.717) is 0 Å². The molecule has 0 aromatic heterocycles. The van der Waals surface area contributed by atoms with Gasteiger partial charge in [-0.2, -0.15) is 26.3 Å². The van der Waals surface area contributed by atoms with Gasteiger partial charge in [0.05, 0.1) is 0 Å². The summed E-state index contributed by atoms with van der Waals surface area (Å²) in [6, 6.07) is 0. The molecule has 66 valence electrons. The summed E-state index contributed by atoms with van der Waals surface area (Å²) < 4.78 is 62.1. The van der Waals surface area contributed by atoms with Crippen molar-refractivity contribution in [3.05, 3.63) is 0 Å². The third kappa shape index (κ3) is 21600. The Labute approximate surface area is 72.1 Å². The van der Waals surface area contributed by atoms with Gasteiger partial charge in [0.1, 0.15) is 0 Å². The van der Waals surface area contributed by atoms with Crippen LogP contribution in [0.3, 0.4) is 0 Å². The van der Waals surface area contributed by atoms with Gasteiger partial charge in [-0.1, -0.05) is 0 Å². The molecule has 0 saturated carbocycles. The Balaban J connectivity index is -0.000000107. The first-order valence-corrected chi connectivity index (χ1v) is 2.13. The molecule has 0 amide bonds. The van der Waals surface area contributed by atoms with Crippen LogP contribution in [0.1, 0.15) is 13.8 Å². The molecule has 0 atom stereocenters. The fourth-order valence-electron chi connectivity index (χ4n) is 0. The van der Waals surface area contributed by atoms with Crippen molar-refractivity contribution in [2.45, 2.75) is 26.2 Å². The van der Waals surface area contributed by atoms with Gasteiger partial charge in [0, 0.05) is 13.8 Å². The third-order valence-electron chi connectivity index (χ3n) is 0. The van der Waals surface area contributed by atoms with E-state index in [4.69, 9.17) is 0 Å². The van der Waals surface area contributed by atoms with Gasteiger partial charge < -0.3 is 0 Å². The molecule has 11 heavy (non-hydrogen) atoms. The van der Waals surface area contributed by atoms with Gasteiger partial charge in [-0.25, -0.2) is 0 Å². The average Bonchev–Trinajstić information content (AvgIpc) is 1.12. The van der Waals surface area contributed by atoms with Crippen molar-refractivity contribution in [3.63, 3.8) is 0 Å². The van der Waals surface area contributed by atoms with Gasteiger partial charge in [-0.3, -0.25) is 0 Å². The van der Waals surface area contributed by atoms with Crippen molar-refractivity contribution in [1.29, 1.82) is 0 Å². The van der Waals surface area contributed by atoms with Crippen LogP contribution >= 0.6 is 0 Å². The normalized spacial score (nSPS) is 10.9. The van der Waals surface area contributed by atoms with E-state index in [1.807, 2.05) is 0 Å². The first-order valence-electron chi connectivity index (χ1n) is 2.13. The van der Waals surface area contributed by atoms with Crippen molar-refractivity contribution < 1.29 is 26.3 Å². The van der Waals surface area contributed by atoms with Gasteiger partial charge in [0.25, 0.3) is 0 Å². The van der Waals surface area contributed by atoms with Crippen molar-refractivity contribution in [3.8, 4) is 0 Å². The molecular weight excluding hydrogens is 169 g/mol. The van der Waals surface area contributed by atoms with Crippen LogP contribution in [0.4, 0.5) is 26.3 Å². The number of rotatable bonds is 0. The molecule has 7 heteroatoms. The van der Waals surface area contributed by atoms with Gasteiger partial charge in [0.15, 0.2) is 0 Å². The standard InChI is InChI=1S/2C2H3F3.Li.H/c2*1-2(3,4)5;;/h2*1H3;;. The summed E-state index contributed by atoms with van der Waals surface area (Å²) in [5.41, 5.74) is 0. The molecule has 0 fully saturated rings. The molecule has 0 aliphatic heterocycles. The number of alkyl halides is 6. The van der Waals surface area contributed by atoms with Crippen LogP contribution in [0.2, 0.25) is 0 Å². The predicted molar refractivity (Wildman–Crippen MR) is 30.6 cm³/mol. The van der Waals surface area contributed by atoms with Crippen molar-refractivity contribution >= 4 is 18.9 Å². The summed E-state index contributed by atoms with van der Waals surface area (Å²) in [5.74, 6) is 0. The molecule has 0 unspecified atom stereocenters. The van der Waals surface area contributed by atoms with Crippen LogP contribution in [0.5, 0.6) is 0 Å². The molecule has 0 saturated heterocycles. The molecule has 0 nitrogen and oxygen atoms in total. The van der Waals surface area contributed by atoms with Crippen molar-refractivity contribution in [2.24, 2.45) is 0 Å². The van der Waals surface area contributed by atoms with Gasteiger partial charge in [0.2, 0.25) is 0 Å². The molecule has 0 aromatic rings. The third-order valence-corrected chi connectivity index (χ3v) is 0. The van der Waals surface area contributed by atoms with Crippen LogP contribution in [-0.4, -0.2) is 31.2 Å². The Morgan fingerprint density at radius 3 is 0.636 bits per heavy atom. The maximum atomic E-state index is 10.4. The van der Waals surface area contributed by atoms with Crippen molar-refractivity contribution in [2.75, 3.05) is 0 Å². The van der Waals surface area contributed by atoms with E-state index >= 15 is 0 Å². The molecular formula is C4H7F6Li. The Morgan fingerprint density at radius 2 is 0.636 bits per heavy atom. The van der Waals surface area contributed by atoms with Crippen LogP contribution < -0.4 is 0 Å². The fraction of sp³-hybridized carbons (Fsp3) is 1.00. The number of hydrogen-bond acceptors (Lipinski definition) is 0. The van der Waals surface area contributed by atoms with E-state index in [0.717, 1.165) is 0 Å². The van der Waals surface area contributed by atoms with Crippen LogP contribution in [0.15, 0.2) is 0 Å². The topological polar surface area (TPSA) is 0 Å². The molecule has 0 aromatic carbocycles. The zero-order valence-corrected chi connectivity index (χ0v) is 5.27. The Kier molecular flexibility index (Phi) is 9.10. The number of halogens is 6. The Bertz CT molecular complexity index is 57.6.